The summed E-state index contributed by atoms with van der Waals surface area (Å²) < 4.78 is 12.4. The third-order valence-electron chi connectivity index (χ3n) is 5.71. The lowest BCUT2D eigenvalue weighted by molar-refractivity contribution is -0.141. The van der Waals surface area contributed by atoms with E-state index in [2.05, 4.69) is 9.88 Å². The molecule has 30 heavy (non-hydrogen) atoms. The molecule has 0 bridgehead atoms. The summed E-state index contributed by atoms with van der Waals surface area (Å²) in [6, 6.07) is 9.54. The topological polar surface area (TPSA) is 85.6 Å². The minimum Gasteiger partial charge on any atom is -0.467 e. The molecule has 2 aliphatic heterocycles. The Balaban J connectivity index is 1.61. The summed E-state index contributed by atoms with van der Waals surface area (Å²) in [6.07, 6.45) is 3.42. The number of benzene rings is 1. The van der Waals surface area contributed by atoms with Gasteiger partial charge in [-0.3, -0.25) is 4.57 Å². The highest BCUT2D eigenvalue weighted by Gasteiger charge is 2.33. The highest BCUT2D eigenvalue weighted by molar-refractivity contribution is 5.81. The van der Waals surface area contributed by atoms with Gasteiger partial charge in [0.2, 0.25) is 5.95 Å². The number of nitrogens with zero attached hydrogens (tertiary/aromatic N) is 6. The van der Waals surface area contributed by atoms with E-state index < -0.39 is 0 Å². The molecule has 0 aliphatic carbocycles. The molecule has 4 heterocycles. The molecule has 2 fully saturated rings. The van der Waals surface area contributed by atoms with Crippen LogP contribution in [0.3, 0.4) is 0 Å². The molecule has 0 spiro atoms. The fourth-order valence-corrected chi connectivity index (χ4v) is 4.16. The Hall–Kier alpha value is -3.20. The second-order valence-electron chi connectivity index (χ2n) is 7.46. The van der Waals surface area contributed by atoms with Crippen LogP contribution in [0.15, 0.2) is 36.7 Å². The molecule has 0 N–H and O–H groups in total. The van der Waals surface area contributed by atoms with Gasteiger partial charge < -0.3 is 19.3 Å². The molecule has 9 nitrogen and oxygen atoms in total. The van der Waals surface area contributed by atoms with Gasteiger partial charge in [-0.05, 0) is 25.0 Å². The molecule has 2 saturated heterocycles. The quantitative estimate of drug-likeness (QED) is 0.604. The Kier molecular flexibility index (Phi) is 4.96. The summed E-state index contributed by atoms with van der Waals surface area (Å²) in [5.41, 5.74) is 1.82. The van der Waals surface area contributed by atoms with Gasteiger partial charge in [0, 0.05) is 25.7 Å². The van der Waals surface area contributed by atoms with Gasteiger partial charge in [0.25, 0.3) is 0 Å². The first-order chi connectivity index (χ1) is 14.7. The molecule has 5 rings (SSSR count). The summed E-state index contributed by atoms with van der Waals surface area (Å²) in [5.74, 6) is 1.87. The number of carbonyl (C=O) groups excluding carboxylic acids is 1. The third-order valence-corrected chi connectivity index (χ3v) is 5.71. The van der Waals surface area contributed by atoms with Crippen molar-refractivity contribution < 1.29 is 14.3 Å². The van der Waals surface area contributed by atoms with Crippen LogP contribution >= 0.6 is 0 Å². The molecule has 1 unspecified atom stereocenters. The van der Waals surface area contributed by atoms with E-state index in [0.29, 0.717) is 19.2 Å². The van der Waals surface area contributed by atoms with Gasteiger partial charge in [0.05, 0.1) is 31.4 Å². The standard InChI is InChI=1S/C21H24N6O3/c1-29-20(28)17-7-4-8-26(17)19-13-18(25-9-11-30-12-10-25)23-21(24-19)27-14-22-15-5-2-3-6-16(15)27/h2-3,5-6,13-14,17H,4,7-12H2,1H3. The zero-order valence-corrected chi connectivity index (χ0v) is 16.9. The molecule has 1 atom stereocenters. The lowest BCUT2D eigenvalue weighted by Gasteiger charge is -2.30. The first kappa shape index (κ1) is 18.8. The number of morpholine rings is 1. The smallest absolute Gasteiger partial charge is 0.328 e. The highest BCUT2D eigenvalue weighted by atomic mass is 16.5. The third kappa shape index (κ3) is 3.35. The van der Waals surface area contributed by atoms with Crippen molar-refractivity contribution in [2.75, 3.05) is 49.8 Å². The average Bonchev–Trinajstić information content (AvgIpc) is 3.46. The predicted molar refractivity (Wildman–Crippen MR) is 112 cm³/mol. The van der Waals surface area contributed by atoms with Crippen molar-refractivity contribution in [3.8, 4) is 5.95 Å². The van der Waals surface area contributed by atoms with Gasteiger partial charge in [0.1, 0.15) is 24.0 Å². The number of fused-ring (bicyclic) bond motifs is 1. The number of ether oxygens (including phenoxy) is 2. The minimum absolute atomic E-state index is 0.228. The van der Waals surface area contributed by atoms with Crippen LogP contribution in [0.4, 0.5) is 11.6 Å². The minimum atomic E-state index is -0.324. The summed E-state index contributed by atoms with van der Waals surface area (Å²) >= 11 is 0. The summed E-state index contributed by atoms with van der Waals surface area (Å²) in [7, 11) is 1.43. The Bertz CT molecular complexity index is 1060. The van der Waals surface area contributed by atoms with Crippen molar-refractivity contribution in [2.24, 2.45) is 0 Å². The van der Waals surface area contributed by atoms with E-state index in [9.17, 15) is 4.79 Å². The van der Waals surface area contributed by atoms with Crippen molar-refractivity contribution >= 4 is 28.6 Å². The highest BCUT2D eigenvalue weighted by Crippen LogP contribution is 2.29. The maximum absolute atomic E-state index is 12.3. The zero-order valence-electron chi connectivity index (χ0n) is 16.9. The second kappa shape index (κ2) is 7.91. The molecular formula is C21H24N6O3. The van der Waals surface area contributed by atoms with Crippen LogP contribution in [0.5, 0.6) is 0 Å². The van der Waals surface area contributed by atoms with Crippen molar-refractivity contribution in [1.82, 2.24) is 19.5 Å². The van der Waals surface area contributed by atoms with Crippen LogP contribution in [-0.2, 0) is 14.3 Å². The predicted octanol–water partition coefficient (Wildman–Crippen LogP) is 1.79. The van der Waals surface area contributed by atoms with E-state index in [1.165, 1.54) is 7.11 Å². The van der Waals surface area contributed by atoms with Crippen molar-refractivity contribution in [3.05, 3.63) is 36.7 Å². The number of para-hydroxylation sites is 2. The SMILES string of the molecule is COC(=O)C1CCCN1c1cc(N2CCOCC2)nc(-n2cnc3ccccc32)n1. The van der Waals surface area contributed by atoms with Gasteiger partial charge in [-0.1, -0.05) is 12.1 Å². The number of esters is 1. The van der Waals surface area contributed by atoms with Crippen LogP contribution in [0, 0.1) is 0 Å². The van der Waals surface area contributed by atoms with Gasteiger partial charge in [-0.25, -0.2) is 9.78 Å². The normalized spacial score (nSPS) is 19.4. The lowest BCUT2D eigenvalue weighted by Crippen LogP contribution is -2.39. The summed E-state index contributed by atoms with van der Waals surface area (Å²) in [4.78, 5) is 30.7. The van der Waals surface area contributed by atoms with Gasteiger partial charge >= 0.3 is 5.97 Å². The molecule has 0 radical (unpaired) electrons. The monoisotopic (exact) mass is 408 g/mol. The number of aromatic nitrogens is 4. The van der Waals surface area contributed by atoms with Crippen molar-refractivity contribution in [2.45, 2.75) is 18.9 Å². The molecule has 2 aromatic heterocycles. The first-order valence-corrected chi connectivity index (χ1v) is 10.2. The fourth-order valence-electron chi connectivity index (χ4n) is 4.16. The van der Waals surface area contributed by atoms with Crippen LogP contribution in [0.2, 0.25) is 0 Å². The molecule has 0 amide bonds. The average molecular weight is 408 g/mol. The first-order valence-electron chi connectivity index (χ1n) is 10.2. The number of methoxy groups -OCH3 is 1. The van der Waals surface area contributed by atoms with E-state index in [0.717, 1.165) is 55.1 Å². The molecule has 156 valence electrons. The zero-order chi connectivity index (χ0) is 20.5. The maximum Gasteiger partial charge on any atom is 0.328 e. The number of imidazole rings is 1. The molecule has 1 aromatic carbocycles. The number of hydrogen-bond acceptors (Lipinski definition) is 8. The Labute approximate surface area is 174 Å². The van der Waals surface area contributed by atoms with E-state index in [-0.39, 0.29) is 12.0 Å². The molecule has 3 aromatic rings. The van der Waals surface area contributed by atoms with Gasteiger partial charge in [-0.15, -0.1) is 0 Å². The second-order valence-corrected chi connectivity index (χ2v) is 7.46. The largest absolute Gasteiger partial charge is 0.467 e. The summed E-state index contributed by atoms with van der Waals surface area (Å²) in [5, 5.41) is 0. The fraction of sp³-hybridized carbons (Fsp3) is 0.429. The lowest BCUT2D eigenvalue weighted by atomic mass is 10.2. The maximum atomic E-state index is 12.3. The van der Waals surface area contributed by atoms with E-state index in [1.54, 1.807) is 6.33 Å². The van der Waals surface area contributed by atoms with E-state index in [1.807, 2.05) is 39.8 Å². The van der Waals surface area contributed by atoms with Crippen molar-refractivity contribution in [1.29, 1.82) is 0 Å². The summed E-state index contributed by atoms with van der Waals surface area (Å²) in [6.45, 7) is 3.61. The Morgan fingerprint density at radius 1 is 1.13 bits per heavy atom. The van der Waals surface area contributed by atoms with Crippen LogP contribution < -0.4 is 9.80 Å². The number of rotatable bonds is 4. The van der Waals surface area contributed by atoms with Crippen LogP contribution in [0.1, 0.15) is 12.8 Å². The van der Waals surface area contributed by atoms with Gasteiger partial charge in [0.15, 0.2) is 0 Å². The Morgan fingerprint density at radius 2 is 1.93 bits per heavy atom. The Morgan fingerprint density at radius 3 is 2.77 bits per heavy atom. The molecule has 0 saturated carbocycles. The molecule has 9 heteroatoms. The number of anilines is 2. The van der Waals surface area contributed by atoms with E-state index in [4.69, 9.17) is 19.4 Å². The molecule has 2 aliphatic rings. The van der Waals surface area contributed by atoms with Gasteiger partial charge in [-0.2, -0.15) is 9.97 Å². The number of carbonyl (C=O) groups is 1. The number of hydrogen-bond donors (Lipinski definition) is 0. The van der Waals surface area contributed by atoms with E-state index >= 15 is 0 Å². The van der Waals surface area contributed by atoms with Crippen LogP contribution in [0.25, 0.3) is 17.0 Å². The molecular weight excluding hydrogens is 384 g/mol. The van der Waals surface area contributed by atoms with Crippen molar-refractivity contribution in [3.63, 3.8) is 0 Å². The van der Waals surface area contributed by atoms with Crippen LogP contribution in [-0.4, -0.2) is 71.5 Å².